The van der Waals surface area contributed by atoms with Gasteiger partial charge < -0.3 is 0 Å². The molecule has 1 heterocycles. The summed E-state index contributed by atoms with van der Waals surface area (Å²) in [5.74, 6) is -0.244. The molecule has 1 aromatic carbocycles. The molecule has 0 aliphatic carbocycles. The number of nitrogens with zero attached hydrogens (tertiary/aromatic N) is 1. The first kappa shape index (κ1) is 9.90. The summed E-state index contributed by atoms with van der Waals surface area (Å²) >= 11 is 0. The first-order valence-corrected chi connectivity index (χ1v) is 5.11. The molecular formula is C12H13NO2. The lowest BCUT2D eigenvalue weighted by Crippen LogP contribution is -2.33. The van der Waals surface area contributed by atoms with E-state index in [0.717, 1.165) is 6.42 Å². The monoisotopic (exact) mass is 203 g/mol. The Morgan fingerprint density at radius 3 is 2.53 bits per heavy atom. The smallest absolute Gasteiger partial charge is 0.260 e. The fourth-order valence-corrected chi connectivity index (χ4v) is 1.76. The number of hydrogen-bond acceptors (Lipinski definition) is 2. The van der Waals surface area contributed by atoms with Gasteiger partial charge in [0.05, 0.1) is 0 Å². The molecule has 1 aliphatic heterocycles. The minimum Gasteiger partial charge on any atom is -0.278 e. The molecule has 78 valence electrons. The summed E-state index contributed by atoms with van der Waals surface area (Å²) in [7, 11) is 0. The average molecular weight is 203 g/mol. The van der Waals surface area contributed by atoms with Gasteiger partial charge in [0.25, 0.3) is 5.91 Å². The van der Waals surface area contributed by atoms with Crippen LogP contribution < -0.4 is 0 Å². The molecule has 1 unspecified atom stereocenters. The summed E-state index contributed by atoms with van der Waals surface area (Å²) in [6, 6.07) is 8.93. The molecule has 3 nitrogen and oxygen atoms in total. The van der Waals surface area contributed by atoms with Crippen molar-refractivity contribution in [2.45, 2.75) is 13.3 Å². The fraction of sp³-hybridized carbons (Fsp3) is 0.333. The third kappa shape index (κ3) is 1.77. The highest BCUT2D eigenvalue weighted by Crippen LogP contribution is 2.19. The van der Waals surface area contributed by atoms with Crippen molar-refractivity contribution < 1.29 is 9.59 Å². The van der Waals surface area contributed by atoms with Crippen LogP contribution in [0.3, 0.4) is 0 Å². The molecule has 0 N–H and O–H groups in total. The molecule has 0 radical (unpaired) electrons. The largest absolute Gasteiger partial charge is 0.278 e. The number of carbonyl (C=O) groups excluding carboxylic acids is 2. The lowest BCUT2D eigenvalue weighted by molar-refractivity contribution is -0.128. The van der Waals surface area contributed by atoms with Crippen LogP contribution in [0.4, 0.5) is 0 Å². The molecule has 2 rings (SSSR count). The quantitative estimate of drug-likeness (QED) is 0.651. The first-order chi connectivity index (χ1) is 7.20. The van der Waals surface area contributed by atoms with Gasteiger partial charge in [0.15, 0.2) is 0 Å². The number of likely N-dealkylation sites (tertiary alicyclic amines) is 1. The van der Waals surface area contributed by atoms with Crippen LogP contribution in [0.1, 0.15) is 23.7 Å². The summed E-state index contributed by atoms with van der Waals surface area (Å²) < 4.78 is 0. The van der Waals surface area contributed by atoms with E-state index in [4.69, 9.17) is 0 Å². The fourth-order valence-electron chi connectivity index (χ4n) is 1.76. The molecule has 0 aromatic heterocycles. The summed E-state index contributed by atoms with van der Waals surface area (Å²) in [6.07, 6.45) is 0.775. The number of carbonyl (C=O) groups is 2. The van der Waals surface area contributed by atoms with Gasteiger partial charge in [-0.1, -0.05) is 25.1 Å². The van der Waals surface area contributed by atoms with Crippen molar-refractivity contribution in [3.8, 4) is 0 Å². The van der Waals surface area contributed by atoms with Gasteiger partial charge in [-0.3, -0.25) is 14.5 Å². The van der Waals surface area contributed by atoms with Crippen LogP contribution in [0.25, 0.3) is 0 Å². The molecule has 15 heavy (non-hydrogen) atoms. The maximum Gasteiger partial charge on any atom is 0.260 e. The van der Waals surface area contributed by atoms with Gasteiger partial charge in [0.2, 0.25) is 5.91 Å². The average Bonchev–Trinajstić information content (AvgIpc) is 2.60. The molecular weight excluding hydrogens is 190 g/mol. The van der Waals surface area contributed by atoms with Crippen molar-refractivity contribution in [1.82, 2.24) is 4.90 Å². The normalized spacial score (nSPS) is 20.7. The molecule has 0 bridgehead atoms. The van der Waals surface area contributed by atoms with Crippen LogP contribution in [0.2, 0.25) is 0 Å². The Morgan fingerprint density at radius 1 is 1.33 bits per heavy atom. The Hall–Kier alpha value is -1.64. The molecule has 0 spiro atoms. The number of rotatable bonds is 1. The SMILES string of the molecule is CC1CCN(C(=O)c2ccccc2)C1=O. The van der Waals surface area contributed by atoms with Gasteiger partial charge in [0, 0.05) is 18.0 Å². The van der Waals surface area contributed by atoms with E-state index < -0.39 is 0 Å². The number of hydrogen-bond donors (Lipinski definition) is 0. The Balaban J connectivity index is 2.20. The second-order valence-electron chi connectivity index (χ2n) is 3.85. The highest BCUT2D eigenvalue weighted by atomic mass is 16.2. The van der Waals surface area contributed by atoms with Gasteiger partial charge in [-0.25, -0.2) is 0 Å². The molecule has 1 fully saturated rings. The Labute approximate surface area is 88.7 Å². The minimum absolute atomic E-state index is 0.0161. The highest BCUT2D eigenvalue weighted by Gasteiger charge is 2.32. The molecule has 2 amide bonds. The van der Waals surface area contributed by atoms with Crippen molar-refractivity contribution in [1.29, 1.82) is 0 Å². The Bertz CT molecular complexity index is 386. The van der Waals surface area contributed by atoms with E-state index >= 15 is 0 Å². The van der Waals surface area contributed by atoms with Crippen molar-refractivity contribution in [2.75, 3.05) is 6.54 Å². The van der Waals surface area contributed by atoms with Crippen molar-refractivity contribution in [3.05, 3.63) is 35.9 Å². The van der Waals surface area contributed by atoms with Crippen molar-refractivity contribution in [2.24, 2.45) is 5.92 Å². The third-order valence-corrected chi connectivity index (χ3v) is 2.74. The van der Waals surface area contributed by atoms with E-state index in [1.165, 1.54) is 4.90 Å². The summed E-state index contributed by atoms with van der Waals surface area (Å²) in [5.41, 5.74) is 0.583. The Kier molecular flexibility index (Phi) is 2.54. The van der Waals surface area contributed by atoms with Gasteiger partial charge in [-0.15, -0.1) is 0 Å². The van der Waals surface area contributed by atoms with E-state index in [1.807, 2.05) is 13.0 Å². The second kappa shape index (κ2) is 3.85. The zero-order chi connectivity index (χ0) is 10.8. The Morgan fingerprint density at radius 2 is 2.00 bits per heavy atom. The lowest BCUT2D eigenvalue weighted by Gasteiger charge is -2.13. The maximum absolute atomic E-state index is 11.9. The number of benzene rings is 1. The van der Waals surface area contributed by atoms with Crippen LogP contribution in [0.15, 0.2) is 30.3 Å². The zero-order valence-electron chi connectivity index (χ0n) is 8.64. The van der Waals surface area contributed by atoms with Crippen LogP contribution in [-0.2, 0) is 4.79 Å². The van der Waals surface area contributed by atoms with Crippen LogP contribution in [0, 0.1) is 5.92 Å². The molecule has 3 heteroatoms. The van der Waals surface area contributed by atoms with Crippen LogP contribution in [-0.4, -0.2) is 23.3 Å². The molecule has 0 saturated carbocycles. The third-order valence-electron chi connectivity index (χ3n) is 2.74. The van der Waals surface area contributed by atoms with E-state index in [9.17, 15) is 9.59 Å². The van der Waals surface area contributed by atoms with Crippen molar-refractivity contribution >= 4 is 11.8 Å². The van der Waals surface area contributed by atoms with E-state index in [0.29, 0.717) is 12.1 Å². The predicted octanol–water partition coefficient (Wildman–Crippen LogP) is 1.70. The summed E-state index contributed by atoms with van der Waals surface area (Å²) in [4.78, 5) is 24.9. The lowest BCUT2D eigenvalue weighted by atomic mass is 10.1. The standard InChI is InChI=1S/C12H13NO2/c1-9-7-8-13(11(9)14)12(15)10-5-3-2-4-6-10/h2-6,9H,7-8H2,1H3. The second-order valence-corrected chi connectivity index (χ2v) is 3.85. The highest BCUT2D eigenvalue weighted by molar-refractivity contribution is 6.06. The van der Waals surface area contributed by atoms with E-state index in [-0.39, 0.29) is 17.7 Å². The molecule has 1 aromatic rings. The van der Waals surface area contributed by atoms with Crippen molar-refractivity contribution in [3.63, 3.8) is 0 Å². The van der Waals surface area contributed by atoms with Crippen LogP contribution >= 0.6 is 0 Å². The first-order valence-electron chi connectivity index (χ1n) is 5.11. The maximum atomic E-state index is 11.9. The van der Waals surface area contributed by atoms with Gasteiger partial charge in [-0.05, 0) is 18.6 Å². The molecule has 1 saturated heterocycles. The van der Waals surface area contributed by atoms with Gasteiger partial charge >= 0.3 is 0 Å². The number of amides is 2. The van der Waals surface area contributed by atoms with E-state index in [2.05, 4.69) is 0 Å². The summed E-state index contributed by atoms with van der Waals surface area (Å²) in [6.45, 7) is 2.41. The van der Waals surface area contributed by atoms with Crippen LogP contribution in [0.5, 0.6) is 0 Å². The van der Waals surface area contributed by atoms with Gasteiger partial charge in [0.1, 0.15) is 0 Å². The minimum atomic E-state index is -0.176. The summed E-state index contributed by atoms with van der Waals surface area (Å²) in [5, 5.41) is 0. The van der Waals surface area contributed by atoms with E-state index in [1.54, 1.807) is 24.3 Å². The van der Waals surface area contributed by atoms with Gasteiger partial charge in [-0.2, -0.15) is 0 Å². The molecule has 1 atom stereocenters. The topological polar surface area (TPSA) is 37.4 Å². The zero-order valence-corrected chi connectivity index (χ0v) is 8.64. The predicted molar refractivity (Wildman–Crippen MR) is 56.3 cm³/mol. The molecule has 1 aliphatic rings. The number of imide groups is 1.